The van der Waals surface area contributed by atoms with E-state index in [2.05, 4.69) is 20.2 Å². The van der Waals surface area contributed by atoms with Gasteiger partial charge in [0.15, 0.2) is 5.82 Å². The van der Waals surface area contributed by atoms with Gasteiger partial charge in [-0.2, -0.15) is 4.98 Å². The van der Waals surface area contributed by atoms with Gasteiger partial charge in [0.05, 0.1) is 12.8 Å². The van der Waals surface area contributed by atoms with E-state index < -0.39 is 6.10 Å². The summed E-state index contributed by atoms with van der Waals surface area (Å²) in [6.07, 6.45) is 1.01. The predicted molar refractivity (Wildman–Crippen MR) is 77.2 cm³/mol. The first-order valence-electron chi connectivity index (χ1n) is 6.28. The summed E-state index contributed by atoms with van der Waals surface area (Å²) in [5.41, 5.74) is 0.515. The summed E-state index contributed by atoms with van der Waals surface area (Å²) in [5.74, 6) is 0.355. The molecule has 1 aliphatic heterocycles. The molecule has 1 atom stereocenters. The van der Waals surface area contributed by atoms with Crippen molar-refractivity contribution in [2.75, 3.05) is 51.1 Å². The Morgan fingerprint density at radius 1 is 1.60 bits per heavy atom. The number of nitrogens with zero attached hydrogens (tertiary/aromatic N) is 4. The molecule has 1 aromatic heterocycles. The number of nitrogens with one attached hydrogen (secondary N) is 1. The third-order valence-electron chi connectivity index (χ3n) is 2.98. The molecule has 1 unspecified atom stereocenters. The Bertz CT molecular complexity index is 497. The second-order valence-corrected chi connectivity index (χ2v) is 5.22. The van der Waals surface area contributed by atoms with Crippen LogP contribution in [0.4, 0.5) is 11.5 Å². The number of rotatable bonds is 3. The number of ether oxygens (including phenoxy) is 1. The van der Waals surface area contributed by atoms with E-state index in [0.717, 1.165) is 6.54 Å². The van der Waals surface area contributed by atoms with Crippen molar-refractivity contribution in [3.63, 3.8) is 0 Å². The zero-order valence-corrected chi connectivity index (χ0v) is 12.5. The average Bonchev–Trinajstić information content (AvgIpc) is 2.40. The summed E-state index contributed by atoms with van der Waals surface area (Å²) >= 11 is 5.77. The standard InChI is InChI=1S/C12H18ClN5O2/c1-17(2)10-8(6-14-12(13)16-10)15-11(19)9-7-18(3)4-5-20-9/h6,9H,4-5,7H2,1-3H3,(H,15,19). The van der Waals surface area contributed by atoms with Crippen LogP contribution in [0.25, 0.3) is 0 Å². The van der Waals surface area contributed by atoms with E-state index in [4.69, 9.17) is 16.3 Å². The summed E-state index contributed by atoms with van der Waals surface area (Å²) in [4.78, 5) is 24.0. The molecule has 2 rings (SSSR count). The molecular formula is C12H18ClN5O2. The summed E-state index contributed by atoms with van der Waals surface area (Å²) in [5, 5.41) is 2.93. The van der Waals surface area contributed by atoms with Gasteiger partial charge in [-0.05, 0) is 18.6 Å². The molecule has 1 N–H and O–H groups in total. The minimum Gasteiger partial charge on any atom is -0.366 e. The van der Waals surface area contributed by atoms with Crippen LogP contribution in [-0.2, 0) is 9.53 Å². The Labute approximate surface area is 122 Å². The fourth-order valence-electron chi connectivity index (χ4n) is 1.93. The predicted octanol–water partition coefficient (Wildman–Crippen LogP) is 0.465. The van der Waals surface area contributed by atoms with E-state index in [1.807, 2.05) is 21.1 Å². The lowest BCUT2D eigenvalue weighted by atomic mass is 10.2. The third kappa shape index (κ3) is 3.56. The molecule has 1 saturated heterocycles. The number of morpholine rings is 1. The molecule has 1 aromatic rings. The number of hydrogen-bond donors (Lipinski definition) is 1. The second-order valence-electron chi connectivity index (χ2n) is 4.88. The largest absolute Gasteiger partial charge is 0.366 e. The van der Waals surface area contributed by atoms with Gasteiger partial charge in [0.2, 0.25) is 5.28 Å². The monoisotopic (exact) mass is 299 g/mol. The quantitative estimate of drug-likeness (QED) is 0.818. The molecule has 0 radical (unpaired) electrons. The van der Waals surface area contributed by atoms with Gasteiger partial charge >= 0.3 is 0 Å². The number of anilines is 2. The Hall–Kier alpha value is -1.44. The lowest BCUT2D eigenvalue weighted by Gasteiger charge is -2.29. The fraction of sp³-hybridized carbons (Fsp3) is 0.583. The van der Waals surface area contributed by atoms with Crippen molar-refractivity contribution >= 4 is 29.0 Å². The van der Waals surface area contributed by atoms with Crippen molar-refractivity contribution in [2.24, 2.45) is 0 Å². The molecule has 7 nitrogen and oxygen atoms in total. The van der Waals surface area contributed by atoms with Crippen LogP contribution in [0, 0.1) is 0 Å². The first kappa shape index (κ1) is 15.0. The Morgan fingerprint density at radius 3 is 3.00 bits per heavy atom. The molecule has 0 aromatic carbocycles. The lowest BCUT2D eigenvalue weighted by molar-refractivity contribution is -0.132. The highest BCUT2D eigenvalue weighted by molar-refractivity contribution is 6.28. The van der Waals surface area contributed by atoms with Crippen molar-refractivity contribution in [1.29, 1.82) is 0 Å². The van der Waals surface area contributed by atoms with Crippen LogP contribution in [0.15, 0.2) is 6.20 Å². The number of aromatic nitrogens is 2. The third-order valence-corrected chi connectivity index (χ3v) is 3.16. The van der Waals surface area contributed by atoms with Crippen LogP contribution < -0.4 is 10.2 Å². The maximum absolute atomic E-state index is 12.2. The molecule has 0 bridgehead atoms. The van der Waals surface area contributed by atoms with Crippen molar-refractivity contribution in [3.05, 3.63) is 11.5 Å². The minimum absolute atomic E-state index is 0.139. The molecule has 2 heterocycles. The molecule has 1 fully saturated rings. The molecule has 0 saturated carbocycles. The molecule has 1 amide bonds. The van der Waals surface area contributed by atoms with Gasteiger partial charge in [0.25, 0.3) is 5.91 Å². The number of carbonyl (C=O) groups excluding carboxylic acids is 1. The van der Waals surface area contributed by atoms with E-state index in [9.17, 15) is 4.79 Å². The molecular weight excluding hydrogens is 282 g/mol. The van der Waals surface area contributed by atoms with E-state index in [1.54, 1.807) is 4.90 Å². The number of amides is 1. The number of carbonyl (C=O) groups is 1. The second kappa shape index (κ2) is 6.34. The minimum atomic E-state index is -0.487. The van der Waals surface area contributed by atoms with E-state index in [0.29, 0.717) is 24.7 Å². The van der Waals surface area contributed by atoms with Gasteiger partial charge in [0.1, 0.15) is 11.8 Å². The fourth-order valence-corrected chi connectivity index (χ4v) is 2.06. The Kier molecular flexibility index (Phi) is 4.74. The highest BCUT2D eigenvalue weighted by Gasteiger charge is 2.25. The van der Waals surface area contributed by atoms with Gasteiger partial charge in [0, 0.05) is 27.2 Å². The van der Waals surface area contributed by atoms with Crippen LogP contribution in [0.5, 0.6) is 0 Å². The van der Waals surface area contributed by atoms with Crippen LogP contribution in [-0.4, -0.2) is 67.7 Å². The van der Waals surface area contributed by atoms with Gasteiger partial charge in [-0.15, -0.1) is 0 Å². The van der Waals surface area contributed by atoms with Crippen molar-refractivity contribution in [3.8, 4) is 0 Å². The van der Waals surface area contributed by atoms with E-state index >= 15 is 0 Å². The zero-order chi connectivity index (χ0) is 14.7. The SMILES string of the molecule is CN1CCOC(C(=O)Nc2cnc(Cl)nc2N(C)C)C1. The van der Waals surface area contributed by atoms with Gasteiger partial charge in [-0.1, -0.05) is 0 Å². The molecule has 20 heavy (non-hydrogen) atoms. The summed E-state index contributed by atoms with van der Waals surface area (Å²) in [7, 11) is 5.60. The van der Waals surface area contributed by atoms with Gasteiger partial charge < -0.3 is 19.9 Å². The topological polar surface area (TPSA) is 70.6 Å². The van der Waals surface area contributed by atoms with Gasteiger partial charge in [-0.3, -0.25) is 4.79 Å². The summed E-state index contributed by atoms with van der Waals surface area (Å²) < 4.78 is 5.47. The number of likely N-dealkylation sites (N-methyl/N-ethyl adjacent to an activating group) is 1. The highest BCUT2D eigenvalue weighted by atomic mass is 35.5. The first-order chi connectivity index (χ1) is 9.47. The normalized spacial score (nSPS) is 19.7. The van der Waals surface area contributed by atoms with Crippen LogP contribution in [0.3, 0.4) is 0 Å². The first-order valence-corrected chi connectivity index (χ1v) is 6.66. The number of hydrogen-bond acceptors (Lipinski definition) is 6. The van der Waals surface area contributed by atoms with Crippen LogP contribution in [0.1, 0.15) is 0 Å². The number of halogens is 1. The Morgan fingerprint density at radius 2 is 2.35 bits per heavy atom. The van der Waals surface area contributed by atoms with Crippen LogP contribution in [0.2, 0.25) is 5.28 Å². The van der Waals surface area contributed by atoms with Crippen molar-refractivity contribution < 1.29 is 9.53 Å². The molecule has 0 spiro atoms. The van der Waals surface area contributed by atoms with Crippen LogP contribution >= 0.6 is 11.6 Å². The summed E-state index contributed by atoms with van der Waals surface area (Å²) in [6.45, 7) is 1.95. The highest BCUT2D eigenvalue weighted by Crippen LogP contribution is 2.22. The Balaban J connectivity index is 2.11. The van der Waals surface area contributed by atoms with Crippen molar-refractivity contribution in [1.82, 2.24) is 14.9 Å². The molecule has 8 heteroatoms. The van der Waals surface area contributed by atoms with Gasteiger partial charge in [-0.25, -0.2) is 4.98 Å². The lowest BCUT2D eigenvalue weighted by Crippen LogP contribution is -2.46. The molecule has 0 aliphatic carbocycles. The summed E-state index contributed by atoms with van der Waals surface area (Å²) in [6, 6.07) is 0. The van der Waals surface area contributed by atoms with E-state index in [1.165, 1.54) is 6.20 Å². The molecule has 110 valence electrons. The maximum atomic E-state index is 12.2. The average molecular weight is 300 g/mol. The van der Waals surface area contributed by atoms with Crippen molar-refractivity contribution in [2.45, 2.75) is 6.10 Å². The zero-order valence-electron chi connectivity index (χ0n) is 11.8. The molecule has 1 aliphatic rings. The maximum Gasteiger partial charge on any atom is 0.254 e. The smallest absolute Gasteiger partial charge is 0.254 e. The van der Waals surface area contributed by atoms with E-state index in [-0.39, 0.29) is 11.2 Å².